The molecule has 0 aliphatic carbocycles. The Kier molecular flexibility index (Phi) is 3.78. The molecule has 1 N–H and O–H groups in total. The molecule has 1 fully saturated rings. The van der Waals surface area contributed by atoms with Crippen LogP contribution >= 0.6 is 0 Å². The molecule has 0 aromatic heterocycles. The van der Waals surface area contributed by atoms with Crippen molar-refractivity contribution in [2.45, 2.75) is 25.4 Å². The Labute approximate surface area is 122 Å². The first-order chi connectivity index (χ1) is 10.1. The number of rotatable bonds is 3. The van der Waals surface area contributed by atoms with Crippen molar-refractivity contribution in [3.8, 4) is 0 Å². The molecule has 2 aliphatic heterocycles. The van der Waals surface area contributed by atoms with Gasteiger partial charge in [-0.3, -0.25) is 9.59 Å². The Hall–Kier alpha value is -1.72. The zero-order chi connectivity index (χ0) is 14.9. The number of fused-ring (bicyclic) bond motifs is 1. The summed E-state index contributed by atoms with van der Waals surface area (Å²) in [6, 6.07) is 7.84. The average molecular weight is 290 g/mol. The molecule has 2 heterocycles. The van der Waals surface area contributed by atoms with Gasteiger partial charge in [-0.15, -0.1) is 0 Å². The summed E-state index contributed by atoms with van der Waals surface area (Å²) in [5.74, 6) is -1.37. The van der Waals surface area contributed by atoms with Gasteiger partial charge in [0.2, 0.25) is 0 Å². The number of carbonyl (C=O) groups excluding carboxylic acids is 1. The Morgan fingerprint density at radius 1 is 1.29 bits per heavy atom. The van der Waals surface area contributed by atoms with Gasteiger partial charge in [-0.25, -0.2) is 0 Å². The lowest BCUT2D eigenvalue weighted by molar-refractivity contribution is -0.168. The highest BCUT2D eigenvalue weighted by molar-refractivity contribution is 6.03. The summed E-state index contributed by atoms with van der Waals surface area (Å²) >= 11 is 0. The van der Waals surface area contributed by atoms with Crippen LogP contribution in [0.15, 0.2) is 24.3 Å². The topological polar surface area (TPSA) is 72.8 Å². The van der Waals surface area contributed by atoms with Gasteiger partial charge in [-0.05, 0) is 17.5 Å². The maximum absolute atomic E-state index is 12.2. The van der Waals surface area contributed by atoms with Crippen molar-refractivity contribution >= 4 is 11.8 Å². The van der Waals surface area contributed by atoms with Crippen LogP contribution in [-0.4, -0.2) is 36.7 Å². The first-order valence-electron chi connectivity index (χ1n) is 7.17. The number of benzene rings is 1. The van der Waals surface area contributed by atoms with Crippen LogP contribution in [0.3, 0.4) is 0 Å². The van der Waals surface area contributed by atoms with E-state index >= 15 is 0 Å². The summed E-state index contributed by atoms with van der Waals surface area (Å²) in [5.41, 5.74) is 0.675. The highest BCUT2D eigenvalue weighted by atomic mass is 16.5. The highest BCUT2D eigenvalue weighted by Gasteiger charge is 2.50. The van der Waals surface area contributed by atoms with E-state index in [9.17, 15) is 14.7 Å². The summed E-state index contributed by atoms with van der Waals surface area (Å²) in [4.78, 5) is 23.9. The number of carboxylic acid groups (broad SMARTS) is 1. The van der Waals surface area contributed by atoms with Crippen LogP contribution in [0.4, 0.5) is 0 Å². The Morgan fingerprint density at radius 3 is 2.86 bits per heavy atom. The molecule has 5 heteroatoms. The van der Waals surface area contributed by atoms with Gasteiger partial charge in [0.25, 0.3) is 0 Å². The Morgan fingerprint density at radius 2 is 2.10 bits per heavy atom. The van der Waals surface area contributed by atoms with E-state index in [2.05, 4.69) is 0 Å². The number of hydrogen-bond acceptors (Lipinski definition) is 4. The minimum absolute atomic E-state index is 0.0663. The van der Waals surface area contributed by atoms with E-state index in [0.29, 0.717) is 13.2 Å². The normalized spacial score (nSPS) is 29.0. The van der Waals surface area contributed by atoms with Gasteiger partial charge in [-0.1, -0.05) is 24.3 Å². The maximum Gasteiger partial charge on any atom is 0.319 e. The SMILES string of the molecule is O=C(O)C1(CC2OCCc3ccccc32)COCCC1=O. The highest BCUT2D eigenvalue weighted by Crippen LogP contribution is 2.40. The van der Waals surface area contributed by atoms with E-state index in [0.717, 1.165) is 12.0 Å². The Bertz CT molecular complexity index is 568. The molecular weight excluding hydrogens is 272 g/mol. The second-order valence-electron chi connectivity index (χ2n) is 5.63. The van der Waals surface area contributed by atoms with E-state index in [1.54, 1.807) is 0 Å². The maximum atomic E-state index is 12.2. The van der Waals surface area contributed by atoms with E-state index < -0.39 is 11.4 Å². The minimum Gasteiger partial charge on any atom is -0.480 e. The molecule has 1 aromatic rings. The molecule has 5 nitrogen and oxygen atoms in total. The van der Waals surface area contributed by atoms with Gasteiger partial charge >= 0.3 is 5.97 Å². The lowest BCUT2D eigenvalue weighted by atomic mass is 9.75. The number of ketones is 1. The standard InChI is InChI=1S/C16H18O5/c17-14-6-7-20-10-16(14,15(18)19)9-13-12-4-2-1-3-11(12)5-8-21-13/h1-4,13H,5-10H2,(H,18,19). The van der Waals surface area contributed by atoms with Crippen LogP contribution in [0.25, 0.3) is 0 Å². The minimum atomic E-state index is -1.48. The van der Waals surface area contributed by atoms with Crippen LogP contribution in [0.2, 0.25) is 0 Å². The van der Waals surface area contributed by atoms with Crippen molar-refractivity contribution in [1.82, 2.24) is 0 Å². The van der Waals surface area contributed by atoms with Gasteiger partial charge in [0, 0.05) is 12.8 Å². The largest absolute Gasteiger partial charge is 0.480 e. The first-order valence-corrected chi connectivity index (χ1v) is 7.17. The average Bonchev–Trinajstić information content (AvgIpc) is 2.50. The lowest BCUT2D eigenvalue weighted by Crippen LogP contribution is -2.48. The zero-order valence-electron chi connectivity index (χ0n) is 11.7. The molecule has 0 amide bonds. The van der Waals surface area contributed by atoms with E-state index in [1.165, 1.54) is 5.56 Å². The molecule has 21 heavy (non-hydrogen) atoms. The second-order valence-corrected chi connectivity index (χ2v) is 5.63. The fourth-order valence-corrected chi connectivity index (χ4v) is 3.13. The molecule has 0 spiro atoms. The van der Waals surface area contributed by atoms with Gasteiger partial charge in [0.1, 0.15) is 0 Å². The third-order valence-electron chi connectivity index (χ3n) is 4.39. The Balaban J connectivity index is 1.91. The van der Waals surface area contributed by atoms with E-state index in [1.807, 2.05) is 24.3 Å². The van der Waals surface area contributed by atoms with Crippen molar-refractivity contribution in [3.63, 3.8) is 0 Å². The van der Waals surface area contributed by atoms with E-state index in [-0.39, 0.29) is 31.3 Å². The molecule has 0 saturated carbocycles. The third-order valence-corrected chi connectivity index (χ3v) is 4.39. The summed E-state index contributed by atoms with van der Waals surface area (Å²) in [6.45, 7) is 0.783. The monoisotopic (exact) mass is 290 g/mol. The van der Waals surface area contributed by atoms with Crippen LogP contribution in [0.5, 0.6) is 0 Å². The summed E-state index contributed by atoms with van der Waals surface area (Å²) in [7, 11) is 0. The van der Waals surface area contributed by atoms with Crippen LogP contribution < -0.4 is 0 Å². The van der Waals surface area contributed by atoms with E-state index in [4.69, 9.17) is 9.47 Å². The quantitative estimate of drug-likeness (QED) is 0.859. The molecule has 0 radical (unpaired) electrons. The molecule has 2 atom stereocenters. The van der Waals surface area contributed by atoms with Gasteiger partial charge in [-0.2, -0.15) is 0 Å². The fraction of sp³-hybridized carbons (Fsp3) is 0.500. The van der Waals surface area contributed by atoms with Crippen molar-refractivity contribution in [3.05, 3.63) is 35.4 Å². The molecular formula is C16H18O5. The predicted molar refractivity (Wildman–Crippen MR) is 74.0 cm³/mol. The zero-order valence-corrected chi connectivity index (χ0v) is 11.7. The van der Waals surface area contributed by atoms with Crippen LogP contribution in [0, 0.1) is 5.41 Å². The molecule has 3 rings (SSSR count). The fourth-order valence-electron chi connectivity index (χ4n) is 3.13. The number of carboxylic acids is 1. The lowest BCUT2D eigenvalue weighted by Gasteiger charge is -2.36. The summed E-state index contributed by atoms with van der Waals surface area (Å²) < 4.78 is 11.0. The second kappa shape index (κ2) is 5.58. The van der Waals surface area contributed by atoms with Crippen molar-refractivity contribution in [2.24, 2.45) is 5.41 Å². The number of aliphatic carboxylic acids is 1. The van der Waals surface area contributed by atoms with Crippen LogP contribution in [-0.2, 0) is 25.5 Å². The van der Waals surface area contributed by atoms with Crippen LogP contribution in [0.1, 0.15) is 30.1 Å². The third kappa shape index (κ3) is 2.47. The van der Waals surface area contributed by atoms with Gasteiger partial charge in [0.05, 0.1) is 25.9 Å². The van der Waals surface area contributed by atoms with Gasteiger partial charge in [0.15, 0.2) is 11.2 Å². The van der Waals surface area contributed by atoms with Gasteiger partial charge < -0.3 is 14.6 Å². The first kappa shape index (κ1) is 14.2. The number of Topliss-reactive ketones (excluding diaryl/α,β-unsaturated/α-hetero) is 1. The molecule has 2 aliphatic rings. The van der Waals surface area contributed by atoms with Crippen molar-refractivity contribution < 1.29 is 24.2 Å². The molecule has 2 unspecified atom stereocenters. The molecule has 0 bridgehead atoms. The van der Waals surface area contributed by atoms with Crippen molar-refractivity contribution in [2.75, 3.05) is 19.8 Å². The predicted octanol–water partition coefficient (Wildman–Crippen LogP) is 1.75. The smallest absolute Gasteiger partial charge is 0.319 e. The van der Waals surface area contributed by atoms with Crippen molar-refractivity contribution in [1.29, 1.82) is 0 Å². The summed E-state index contributed by atoms with van der Waals surface area (Å²) in [5, 5.41) is 9.58. The summed E-state index contributed by atoms with van der Waals surface area (Å²) in [6.07, 6.45) is 0.743. The number of hydrogen-bond donors (Lipinski definition) is 1. The molecule has 1 aromatic carbocycles. The molecule has 112 valence electrons. The number of ether oxygens (including phenoxy) is 2. The molecule has 1 saturated heterocycles. The number of carbonyl (C=O) groups is 2.